The van der Waals surface area contributed by atoms with Gasteiger partial charge in [0.25, 0.3) is 5.91 Å². The summed E-state index contributed by atoms with van der Waals surface area (Å²) < 4.78 is 11.7. The second-order valence-electron chi connectivity index (χ2n) is 6.96. The van der Waals surface area contributed by atoms with Crippen LogP contribution in [0.5, 0.6) is 5.75 Å². The van der Waals surface area contributed by atoms with Crippen LogP contribution in [0.15, 0.2) is 84.0 Å². The van der Waals surface area contributed by atoms with Crippen molar-refractivity contribution < 1.29 is 19.1 Å². The summed E-state index contributed by atoms with van der Waals surface area (Å²) in [4.78, 5) is 25.4. The van der Waals surface area contributed by atoms with Crippen molar-refractivity contribution in [2.75, 3.05) is 7.11 Å². The molecule has 1 atom stereocenters. The van der Waals surface area contributed by atoms with Crippen LogP contribution in [0.2, 0.25) is 5.02 Å². The number of nitrogens with one attached hydrogen (secondary N) is 1. The van der Waals surface area contributed by atoms with Crippen molar-refractivity contribution in [1.82, 2.24) is 5.43 Å². The van der Waals surface area contributed by atoms with Crippen molar-refractivity contribution >= 4 is 51.1 Å². The summed E-state index contributed by atoms with van der Waals surface area (Å²) in [7, 11) is 1.46. The first kappa shape index (κ1) is 22.7. The third-order valence-electron chi connectivity index (χ3n) is 4.75. The molecule has 0 aliphatic rings. The molecule has 3 aromatic carbocycles. The summed E-state index contributed by atoms with van der Waals surface area (Å²) in [6, 6.07) is 23.4. The van der Waals surface area contributed by atoms with Crippen LogP contribution >= 0.6 is 22.9 Å². The fraction of sp³-hybridized carbons (Fsp3) is 0.0800. The number of fused-ring (bicyclic) bond motifs is 1. The fourth-order valence-corrected chi connectivity index (χ4v) is 4.59. The summed E-state index contributed by atoms with van der Waals surface area (Å²) in [5, 5.41) is 5.19. The van der Waals surface area contributed by atoms with Gasteiger partial charge in [-0.1, -0.05) is 72.3 Å². The Labute approximate surface area is 199 Å². The predicted molar refractivity (Wildman–Crippen MR) is 130 cm³/mol. The Balaban J connectivity index is 1.42. The largest absolute Gasteiger partial charge is 0.422 e. The van der Waals surface area contributed by atoms with Gasteiger partial charge in [0, 0.05) is 17.2 Å². The highest BCUT2D eigenvalue weighted by molar-refractivity contribution is 7.21. The first-order chi connectivity index (χ1) is 16.1. The maximum absolute atomic E-state index is 12.7. The van der Waals surface area contributed by atoms with Gasteiger partial charge in [-0.2, -0.15) is 5.10 Å². The number of thiophene rings is 1. The maximum Gasteiger partial charge on any atom is 0.355 e. The Bertz CT molecular complexity index is 1320. The van der Waals surface area contributed by atoms with Gasteiger partial charge in [-0.3, -0.25) is 4.79 Å². The summed E-state index contributed by atoms with van der Waals surface area (Å²) in [5.74, 6) is -0.598. The topological polar surface area (TPSA) is 77.0 Å². The van der Waals surface area contributed by atoms with Crippen LogP contribution < -0.4 is 10.2 Å². The molecule has 166 valence electrons. The number of benzene rings is 3. The number of carbonyl (C=O) groups is 2. The molecule has 0 fully saturated rings. The molecule has 33 heavy (non-hydrogen) atoms. The van der Waals surface area contributed by atoms with E-state index in [1.54, 1.807) is 36.4 Å². The summed E-state index contributed by atoms with van der Waals surface area (Å²) in [6.45, 7) is 0. The lowest BCUT2D eigenvalue weighted by Crippen LogP contribution is -2.26. The number of hydrazone groups is 1. The Kier molecular flexibility index (Phi) is 7.14. The summed E-state index contributed by atoms with van der Waals surface area (Å²) in [6.07, 6.45) is 0.681. The molecular formula is C25H19ClN2O4S. The first-order valence-electron chi connectivity index (χ1n) is 9.96. The third kappa shape index (κ3) is 5.28. The Hall–Kier alpha value is -3.52. The lowest BCUT2D eigenvalue weighted by atomic mass is 10.1. The second-order valence-corrected chi connectivity index (χ2v) is 8.39. The van der Waals surface area contributed by atoms with Gasteiger partial charge >= 0.3 is 5.97 Å². The third-order valence-corrected chi connectivity index (χ3v) is 6.41. The molecule has 0 unspecified atom stereocenters. The van der Waals surface area contributed by atoms with E-state index in [9.17, 15) is 9.59 Å². The highest BCUT2D eigenvalue weighted by atomic mass is 35.5. The number of nitrogens with zero attached hydrogens (tertiary/aromatic N) is 1. The molecule has 0 saturated carbocycles. The summed E-state index contributed by atoms with van der Waals surface area (Å²) in [5.41, 5.74) is 3.83. The number of ether oxygens (including phenoxy) is 2. The average Bonchev–Trinajstić information content (AvgIpc) is 3.17. The molecule has 0 aliphatic heterocycles. The fourth-order valence-electron chi connectivity index (χ4n) is 3.21. The first-order valence-corrected chi connectivity index (χ1v) is 11.2. The van der Waals surface area contributed by atoms with Crippen LogP contribution in [0.3, 0.4) is 0 Å². The van der Waals surface area contributed by atoms with Crippen molar-refractivity contribution in [3.8, 4) is 5.75 Å². The number of rotatable bonds is 7. The standard InChI is InChI=1S/C25H19ClN2O4S/c1-31-22(17-9-3-2-4-10-17)24(29)28-27-15-16-8-7-11-18(14-16)32-25(30)23-21(26)19-12-5-6-13-20(19)33-23/h2-15,22H,1H3,(H,28,29)/b27-15-/t22-/m1/s1. The minimum absolute atomic E-state index is 0.336. The van der Waals surface area contributed by atoms with Gasteiger partial charge in [-0.05, 0) is 29.3 Å². The van der Waals surface area contributed by atoms with Gasteiger partial charge in [-0.15, -0.1) is 11.3 Å². The maximum atomic E-state index is 12.7. The van der Waals surface area contributed by atoms with E-state index in [1.807, 2.05) is 42.5 Å². The van der Waals surface area contributed by atoms with E-state index in [2.05, 4.69) is 10.5 Å². The van der Waals surface area contributed by atoms with E-state index in [0.29, 0.717) is 21.2 Å². The highest BCUT2D eigenvalue weighted by Crippen LogP contribution is 2.35. The Morgan fingerprint density at radius 1 is 1.03 bits per heavy atom. The lowest BCUT2D eigenvalue weighted by Gasteiger charge is -2.13. The lowest BCUT2D eigenvalue weighted by molar-refractivity contribution is -0.131. The molecule has 4 aromatic rings. The number of hydrogen-bond donors (Lipinski definition) is 1. The molecule has 0 radical (unpaired) electrons. The molecule has 1 N–H and O–H groups in total. The van der Waals surface area contributed by atoms with Crippen molar-refractivity contribution in [3.63, 3.8) is 0 Å². The molecular weight excluding hydrogens is 460 g/mol. The van der Waals surface area contributed by atoms with Crippen LogP contribution in [-0.2, 0) is 9.53 Å². The van der Waals surface area contributed by atoms with E-state index in [4.69, 9.17) is 21.1 Å². The van der Waals surface area contributed by atoms with Crippen LogP contribution in [0.25, 0.3) is 10.1 Å². The number of halogens is 1. The molecule has 6 nitrogen and oxygen atoms in total. The molecule has 0 aliphatic carbocycles. The van der Waals surface area contributed by atoms with Crippen molar-refractivity contribution in [2.24, 2.45) is 5.10 Å². The molecule has 1 amide bonds. The monoisotopic (exact) mass is 478 g/mol. The predicted octanol–water partition coefficient (Wildman–Crippen LogP) is 5.61. The molecule has 0 bridgehead atoms. The highest BCUT2D eigenvalue weighted by Gasteiger charge is 2.20. The van der Waals surface area contributed by atoms with E-state index < -0.39 is 18.0 Å². The van der Waals surface area contributed by atoms with E-state index >= 15 is 0 Å². The van der Waals surface area contributed by atoms with Crippen molar-refractivity contribution in [2.45, 2.75) is 6.10 Å². The van der Waals surface area contributed by atoms with Gasteiger partial charge in [0.2, 0.25) is 0 Å². The van der Waals surface area contributed by atoms with Crippen molar-refractivity contribution in [1.29, 1.82) is 0 Å². The molecule has 0 saturated heterocycles. The zero-order valence-electron chi connectivity index (χ0n) is 17.5. The number of amides is 1. The van der Waals surface area contributed by atoms with Crippen LogP contribution in [0.4, 0.5) is 0 Å². The molecule has 1 aromatic heterocycles. The minimum Gasteiger partial charge on any atom is -0.422 e. The zero-order valence-corrected chi connectivity index (χ0v) is 19.1. The van der Waals surface area contributed by atoms with Gasteiger partial charge < -0.3 is 9.47 Å². The van der Waals surface area contributed by atoms with Crippen LogP contribution in [0, 0.1) is 0 Å². The van der Waals surface area contributed by atoms with Crippen LogP contribution in [-0.4, -0.2) is 25.2 Å². The average molecular weight is 479 g/mol. The smallest absolute Gasteiger partial charge is 0.355 e. The number of carbonyl (C=O) groups excluding carboxylic acids is 2. The number of hydrogen-bond acceptors (Lipinski definition) is 6. The van der Waals surface area contributed by atoms with Gasteiger partial charge in [0.15, 0.2) is 6.10 Å². The molecule has 4 rings (SSSR count). The minimum atomic E-state index is -0.776. The van der Waals surface area contributed by atoms with Crippen molar-refractivity contribution in [3.05, 3.63) is 99.9 Å². The zero-order chi connectivity index (χ0) is 23.2. The van der Waals surface area contributed by atoms with Gasteiger partial charge in [0.1, 0.15) is 10.6 Å². The summed E-state index contributed by atoms with van der Waals surface area (Å²) >= 11 is 7.65. The van der Waals surface area contributed by atoms with E-state index in [0.717, 1.165) is 15.6 Å². The van der Waals surface area contributed by atoms with E-state index in [-0.39, 0.29) is 0 Å². The van der Waals surface area contributed by atoms with Gasteiger partial charge in [-0.25, -0.2) is 10.2 Å². The second kappa shape index (κ2) is 10.4. The normalized spacial score (nSPS) is 12.1. The Morgan fingerprint density at radius 2 is 1.79 bits per heavy atom. The molecule has 8 heteroatoms. The SMILES string of the molecule is CO[C@@H](C(=O)N/N=C\c1cccc(OC(=O)c2sc3ccccc3c2Cl)c1)c1ccccc1. The number of esters is 1. The quantitative estimate of drug-likeness (QED) is 0.162. The Morgan fingerprint density at radius 3 is 2.55 bits per heavy atom. The van der Waals surface area contributed by atoms with E-state index in [1.165, 1.54) is 24.7 Å². The molecule has 1 heterocycles. The van der Waals surface area contributed by atoms with Crippen LogP contribution in [0.1, 0.15) is 26.9 Å². The number of methoxy groups -OCH3 is 1. The molecule has 0 spiro atoms. The van der Waals surface area contributed by atoms with Gasteiger partial charge in [0.05, 0.1) is 11.2 Å².